The number of methoxy groups -OCH3 is 1. The van der Waals surface area contributed by atoms with Crippen LogP contribution in [0.1, 0.15) is 42.5 Å². The highest BCUT2D eigenvalue weighted by atomic mass is 16.5. The van der Waals surface area contributed by atoms with Gasteiger partial charge in [-0.15, -0.1) is 0 Å². The van der Waals surface area contributed by atoms with Crippen molar-refractivity contribution < 1.29 is 9.53 Å². The lowest BCUT2D eigenvalue weighted by Gasteiger charge is -2.23. The van der Waals surface area contributed by atoms with E-state index < -0.39 is 0 Å². The Hall–Kier alpha value is -1.71. The number of hydrogen-bond donors (Lipinski definition) is 2. The van der Waals surface area contributed by atoms with Crippen LogP contribution in [0.3, 0.4) is 0 Å². The number of nitrogens with two attached hydrogens (primary N) is 1. The van der Waals surface area contributed by atoms with Crippen LogP contribution in [-0.2, 0) is 0 Å². The molecule has 3 N–H and O–H groups in total. The molecule has 0 saturated heterocycles. The van der Waals surface area contributed by atoms with Gasteiger partial charge in [0.2, 0.25) is 0 Å². The van der Waals surface area contributed by atoms with Crippen molar-refractivity contribution in [1.29, 1.82) is 0 Å². The normalized spacial score (nSPS) is 16.3. The van der Waals surface area contributed by atoms with E-state index in [9.17, 15) is 4.79 Å². The molecule has 2 rings (SSSR count). The van der Waals surface area contributed by atoms with E-state index in [-0.39, 0.29) is 5.91 Å². The van der Waals surface area contributed by atoms with Gasteiger partial charge in [0.05, 0.1) is 12.7 Å². The summed E-state index contributed by atoms with van der Waals surface area (Å²) in [5.74, 6) is 0.460. The van der Waals surface area contributed by atoms with Gasteiger partial charge in [0.15, 0.2) is 0 Å². The van der Waals surface area contributed by atoms with Gasteiger partial charge in [-0.3, -0.25) is 4.79 Å². The molecule has 4 heteroatoms. The third-order valence-corrected chi connectivity index (χ3v) is 3.41. The molecule has 1 aliphatic carbocycles. The summed E-state index contributed by atoms with van der Waals surface area (Å²) in [6, 6.07) is 5.41. The fraction of sp³-hybridized carbons (Fsp3) is 0.500. The van der Waals surface area contributed by atoms with Crippen molar-refractivity contribution in [3.63, 3.8) is 0 Å². The largest absolute Gasteiger partial charge is 0.496 e. The Morgan fingerprint density at radius 2 is 2.06 bits per heavy atom. The highest BCUT2D eigenvalue weighted by Gasteiger charge is 2.18. The summed E-state index contributed by atoms with van der Waals surface area (Å²) in [5, 5.41) is 3.07. The van der Waals surface area contributed by atoms with E-state index in [0.717, 1.165) is 12.8 Å². The minimum atomic E-state index is -0.0706. The Morgan fingerprint density at radius 3 is 2.72 bits per heavy atom. The fourth-order valence-electron chi connectivity index (χ4n) is 2.41. The lowest BCUT2D eigenvalue weighted by atomic mass is 9.95. The number of anilines is 1. The molecule has 1 aliphatic rings. The first-order valence-corrected chi connectivity index (χ1v) is 6.45. The first kappa shape index (κ1) is 12.7. The molecule has 1 aromatic carbocycles. The Bertz CT molecular complexity index is 426. The van der Waals surface area contributed by atoms with E-state index in [1.54, 1.807) is 25.3 Å². The number of nitrogens with one attached hydrogen (secondary N) is 1. The van der Waals surface area contributed by atoms with Crippen LogP contribution >= 0.6 is 0 Å². The minimum absolute atomic E-state index is 0.0706. The molecule has 1 fully saturated rings. The van der Waals surface area contributed by atoms with Crippen LogP contribution in [0.5, 0.6) is 5.75 Å². The van der Waals surface area contributed by atoms with Gasteiger partial charge in [-0.25, -0.2) is 0 Å². The third-order valence-electron chi connectivity index (χ3n) is 3.41. The summed E-state index contributed by atoms with van der Waals surface area (Å²) in [4.78, 5) is 12.2. The van der Waals surface area contributed by atoms with Crippen LogP contribution in [0.4, 0.5) is 5.69 Å². The van der Waals surface area contributed by atoms with Crippen molar-refractivity contribution in [3.05, 3.63) is 23.8 Å². The van der Waals surface area contributed by atoms with Crippen LogP contribution in [0.25, 0.3) is 0 Å². The lowest BCUT2D eigenvalue weighted by molar-refractivity contribution is 0.0924. The highest BCUT2D eigenvalue weighted by Crippen LogP contribution is 2.23. The number of carbonyl (C=O) groups is 1. The number of carbonyl (C=O) groups excluding carboxylic acids is 1. The lowest BCUT2D eigenvalue weighted by Crippen LogP contribution is -2.36. The Balaban J connectivity index is 2.08. The van der Waals surface area contributed by atoms with Crippen LogP contribution in [-0.4, -0.2) is 19.1 Å². The molecule has 0 bridgehead atoms. The van der Waals surface area contributed by atoms with Crippen molar-refractivity contribution in [3.8, 4) is 5.75 Å². The molecule has 0 atom stereocenters. The summed E-state index contributed by atoms with van der Waals surface area (Å²) < 4.78 is 5.20. The quantitative estimate of drug-likeness (QED) is 0.807. The summed E-state index contributed by atoms with van der Waals surface area (Å²) in [7, 11) is 1.55. The van der Waals surface area contributed by atoms with Crippen LogP contribution in [0, 0.1) is 0 Å². The molecule has 98 valence electrons. The van der Waals surface area contributed by atoms with Crippen molar-refractivity contribution in [2.45, 2.75) is 38.1 Å². The zero-order chi connectivity index (χ0) is 13.0. The van der Waals surface area contributed by atoms with Gasteiger partial charge in [0.25, 0.3) is 5.91 Å². The summed E-state index contributed by atoms with van der Waals surface area (Å²) in [6.45, 7) is 0. The third kappa shape index (κ3) is 2.94. The van der Waals surface area contributed by atoms with Crippen molar-refractivity contribution in [2.24, 2.45) is 0 Å². The molecule has 4 nitrogen and oxygen atoms in total. The molecule has 0 spiro atoms. The maximum Gasteiger partial charge on any atom is 0.255 e. The molecule has 1 saturated carbocycles. The Morgan fingerprint density at radius 1 is 1.33 bits per heavy atom. The van der Waals surface area contributed by atoms with Crippen LogP contribution < -0.4 is 15.8 Å². The molecule has 0 aromatic heterocycles. The fourth-order valence-corrected chi connectivity index (χ4v) is 2.41. The molecule has 0 aliphatic heterocycles. The Labute approximate surface area is 108 Å². The summed E-state index contributed by atoms with van der Waals surface area (Å²) in [5.41, 5.74) is 6.83. The number of nitrogen functional groups attached to an aromatic ring is 1. The Kier molecular flexibility index (Phi) is 4.07. The zero-order valence-electron chi connectivity index (χ0n) is 10.7. The number of hydrogen-bond acceptors (Lipinski definition) is 3. The van der Waals surface area contributed by atoms with Crippen molar-refractivity contribution in [2.75, 3.05) is 12.8 Å². The van der Waals surface area contributed by atoms with Crippen molar-refractivity contribution in [1.82, 2.24) is 5.32 Å². The van der Waals surface area contributed by atoms with Gasteiger partial charge < -0.3 is 15.8 Å². The van der Waals surface area contributed by atoms with Gasteiger partial charge in [-0.2, -0.15) is 0 Å². The second-order valence-corrected chi connectivity index (χ2v) is 4.77. The van der Waals surface area contributed by atoms with E-state index in [2.05, 4.69) is 5.32 Å². The number of amides is 1. The molecule has 0 unspecified atom stereocenters. The van der Waals surface area contributed by atoms with E-state index in [1.165, 1.54) is 19.3 Å². The molecule has 1 aromatic rings. The summed E-state index contributed by atoms with van der Waals surface area (Å²) >= 11 is 0. The second kappa shape index (κ2) is 5.76. The number of benzene rings is 1. The molecule has 18 heavy (non-hydrogen) atoms. The molecule has 0 radical (unpaired) electrons. The van der Waals surface area contributed by atoms with Gasteiger partial charge in [-0.05, 0) is 25.0 Å². The SMILES string of the molecule is COc1cc(N)ccc1C(=O)NC1CCCCC1. The molecule has 1 amide bonds. The van der Waals surface area contributed by atoms with Gasteiger partial charge in [-0.1, -0.05) is 19.3 Å². The molecule has 0 heterocycles. The molecular weight excluding hydrogens is 228 g/mol. The standard InChI is InChI=1S/C14H20N2O2/c1-18-13-9-10(15)7-8-12(13)14(17)16-11-5-3-2-4-6-11/h7-9,11H,2-6,15H2,1H3,(H,16,17). The average Bonchev–Trinajstić information content (AvgIpc) is 2.39. The van der Waals surface area contributed by atoms with E-state index in [0.29, 0.717) is 23.0 Å². The summed E-state index contributed by atoms with van der Waals surface area (Å²) in [6.07, 6.45) is 5.82. The molecular formula is C14H20N2O2. The van der Waals surface area contributed by atoms with Crippen LogP contribution in [0.2, 0.25) is 0 Å². The highest BCUT2D eigenvalue weighted by molar-refractivity contribution is 5.97. The average molecular weight is 248 g/mol. The maximum atomic E-state index is 12.2. The minimum Gasteiger partial charge on any atom is -0.496 e. The predicted octanol–water partition coefficient (Wildman–Crippen LogP) is 2.34. The first-order chi connectivity index (χ1) is 8.70. The maximum absolute atomic E-state index is 12.2. The van der Waals surface area contributed by atoms with E-state index in [4.69, 9.17) is 10.5 Å². The van der Waals surface area contributed by atoms with E-state index in [1.807, 2.05) is 0 Å². The number of ether oxygens (including phenoxy) is 1. The predicted molar refractivity (Wildman–Crippen MR) is 71.7 cm³/mol. The number of rotatable bonds is 3. The monoisotopic (exact) mass is 248 g/mol. The van der Waals surface area contributed by atoms with E-state index >= 15 is 0 Å². The topological polar surface area (TPSA) is 64.3 Å². The smallest absolute Gasteiger partial charge is 0.255 e. The second-order valence-electron chi connectivity index (χ2n) is 4.77. The van der Waals surface area contributed by atoms with Gasteiger partial charge in [0.1, 0.15) is 5.75 Å². The zero-order valence-corrected chi connectivity index (χ0v) is 10.7. The van der Waals surface area contributed by atoms with Gasteiger partial charge in [0, 0.05) is 17.8 Å². The van der Waals surface area contributed by atoms with Crippen LogP contribution in [0.15, 0.2) is 18.2 Å². The van der Waals surface area contributed by atoms with Gasteiger partial charge >= 0.3 is 0 Å². The first-order valence-electron chi connectivity index (χ1n) is 6.45. The van der Waals surface area contributed by atoms with Crippen molar-refractivity contribution >= 4 is 11.6 Å².